The van der Waals surface area contributed by atoms with E-state index in [4.69, 9.17) is 9.47 Å². The number of hydrogen-bond acceptors (Lipinski definition) is 3. The molecule has 0 spiro atoms. The minimum Gasteiger partial charge on any atom is -0.497 e. The molecule has 1 unspecified atom stereocenters. The first-order valence-corrected chi connectivity index (χ1v) is 5.81. The summed E-state index contributed by atoms with van der Waals surface area (Å²) in [5.74, 6) is 0.286. The summed E-state index contributed by atoms with van der Waals surface area (Å²) in [4.78, 5) is 0. The van der Waals surface area contributed by atoms with Crippen molar-refractivity contribution in [2.75, 3.05) is 20.3 Å². The predicted molar refractivity (Wildman–Crippen MR) is 65.7 cm³/mol. The first-order valence-electron chi connectivity index (χ1n) is 5.81. The number of benzene rings is 1. The quantitative estimate of drug-likeness (QED) is 0.795. The van der Waals surface area contributed by atoms with Crippen LogP contribution >= 0.6 is 0 Å². The summed E-state index contributed by atoms with van der Waals surface area (Å²) in [5.41, 5.74) is 0.633. The van der Waals surface area contributed by atoms with Crippen molar-refractivity contribution in [2.24, 2.45) is 0 Å². The van der Waals surface area contributed by atoms with Gasteiger partial charge in [-0.15, -0.1) is 0 Å². The van der Waals surface area contributed by atoms with E-state index in [0.29, 0.717) is 31.1 Å². The molecule has 0 amide bonds. The molecule has 1 aromatic rings. The average molecular weight is 241 g/mol. The van der Waals surface area contributed by atoms with Crippen molar-refractivity contribution in [3.05, 3.63) is 29.6 Å². The van der Waals surface area contributed by atoms with Crippen LogP contribution in [0.5, 0.6) is 5.75 Å². The van der Waals surface area contributed by atoms with Gasteiger partial charge < -0.3 is 14.8 Å². The summed E-state index contributed by atoms with van der Waals surface area (Å²) in [5, 5.41) is 3.21. The van der Waals surface area contributed by atoms with Crippen molar-refractivity contribution >= 4 is 0 Å². The van der Waals surface area contributed by atoms with E-state index in [0.717, 1.165) is 0 Å². The van der Waals surface area contributed by atoms with Crippen LogP contribution in [-0.4, -0.2) is 26.4 Å². The highest BCUT2D eigenvalue weighted by Crippen LogP contribution is 2.16. The normalized spacial score (nSPS) is 12.5. The third-order valence-electron chi connectivity index (χ3n) is 2.47. The fraction of sp³-hybridized carbons (Fsp3) is 0.538. The molecule has 1 atom stereocenters. The van der Waals surface area contributed by atoms with Crippen LogP contribution in [0.3, 0.4) is 0 Å². The predicted octanol–water partition coefficient (Wildman–Crippen LogP) is 2.35. The Bertz CT molecular complexity index is 344. The van der Waals surface area contributed by atoms with E-state index < -0.39 is 0 Å². The van der Waals surface area contributed by atoms with Crippen LogP contribution in [0.2, 0.25) is 0 Å². The minimum absolute atomic E-state index is 0.205. The minimum atomic E-state index is -0.250. The van der Waals surface area contributed by atoms with Crippen molar-refractivity contribution in [3.63, 3.8) is 0 Å². The molecule has 0 aliphatic carbocycles. The zero-order valence-electron chi connectivity index (χ0n) is 10.6. The van der Waals surface area contributed by atoms with Gasteiger partial charge in [-0.3, -0.25) is 0 Å². The van der Waals surface area contributed by atoms with E-state index in [1.165, 1.54) is 13.2 Å². The van der Waals surface area contributed by atoms with Crippen molar-refractivity contribution in [1.82, 2.24) is 5.32 Å². The number of rotatable bonds is 7. The molecule has 96 valence electrons. The van der Waals surface area contributed by atoms with Gasteiger partial charge in [0, 0.05) is 30.8 Å². The fourth-order valence-corrected chi connectivity index (χ4v) is 1.44. The van der Waals surface area contributed by atoms with Gasteiger partial charge in [-0.1, -0.05) is 6.07 Å². The van der Waals surface area contributed by atoms with E-state index in [1.54, 1.807) is 12.1 Å². The van der Waals surface area contributed by atoms with Crippen molar-refractivity contribution in [2.45, 2.75) is 26.4 Å². The van der Waals surface area contributed by atoms with Crippen molar-refractivity contribution in [3.8, 4) is 5.75 Å². The second kappa shape index (κ2) is 7.25. The number of methoxy groups -OCH3 is 1. The first kappa shape index (κ1) is 13.9. The first-order chi connectivity index (χ1) is 8.17. The van der Waals surface area contributed by atoms with Crippen LogP contribution in [-0.2, 0) is 11.3 Å². The average Bonchev–Trinajstić information content (AvgIpc) is 2.34. The highest BCUT2D eigenvalue weighted by atomic mass is 19.1. The second-order valence-corrected chi connectivity index (χ2v) is 3.90. The lowest BCUT2D eigenvalue weighted by Crippen LogP contribution is -2.30. The highest BCUT2D eigenvalue weighted by molar-refractivity contribution is 5.28. The maximum Gasteiger partial charge on any atom is 0.131 e. The van der Waals surface area contributed by atoms with Gasteiger partial charge in [0.2, 0.25) is 0 Å². The van der Waals surface area contributed by atoms with Gasteiger partial charge >= 0.3 is 0 Å². The molecular weight excluding hydrogens is 221 g/mol. The zero-order valence-corrected chi connectivity index (χ0v) is 10.6. The molecule has 0 aliphatic rings. The summed E-state index contributed by atoms with van der Waals surface area (Å²) in [6.07, 6.45) is 0. The second-order valence-electron chi connectivity index (χ2n) is 3.90. The highest BCUT2D eigenvalue weighted by Gasteiger charge is 2.06. The largest absolute Gasteiger partial charge is 0.497 e. The van der Waals surface area contributed by atoms with Gasteiger partial charge in [0.25, 0.3) is 0 Å². The Labute approximate surface area is 102 Å². The van der Waals surface area contributed by atoms with Crippen molar-refractivity contribution < 1.29 is 13.9 Å². The summed E-state index contributed by atoms with van der Waals surface area (Å²) in [6, 6.07) is 5.09. The van der Waals surface area contributed by atoms with Gasteiger partial charge in [0.1, 0.15) is 11.6 Å². The zero-order chi connectivity index (χ0) is 12.7. The lowest BCUT2D eigenvalue weighted by molar-refractivity contribution is 0.127. The molecular formula is C13H20FNO2. The van der Waals surface area contributed by atoms with Gasteiger partial charge in [0.15, 0.2) is 0 Å². The maximum absolute atomic E-state index is 13.6. The number of nitrogens with one attached hydrogen (secondary N) is 1. The molecule has 0 aromatic heterocycles. The molecule has 0 aliphatic heterocycles. The molecule has 0 fully saturated rings. The Morgan fingerprint density at radius 3 is 2.76 bits per heavy atom. The smallest absolute Gasteiger partial charge is 0.131 e. The van der Waals surface area contributed by atoms with E-state index in [-0.39, 0.29) is 11.9 Å². The molecule has 4 heteroatoms. The molecule has 1 rings (SSSR count). The Hall–Kier alpha value is -1.13. The summed E-state index contributed by atoms with van der Waals surface area (Å²) in [6.45, 7) is 5.79. The number of hydrogen-bond donors (Lipinski definition) is 1. The molecule has 0 radical (unpaired) electrons. The topological polar surface area (TPSA) is 30.5 Å². The Kier molecular flexibility index (Phi) is 5.94. The van der Waals surface area contributed by atoms with Crippen LogP contribution in [0, 0.1) is 5.82 Å². The van der Waals surface area contributed by atoms with Gasteiger partial charge in [-0.2, -0.15) is 0 Å². The van der Waals surface area contributed by atoms with E-state index in [9.17, 15) is 4.39 Å². The molecule has 17 heavy (non-hydrogen) atoms. The van der Waals surface area contributed by atoms with E-state index in [2.05, 4.69) is 5.32 Å². The third-order valence-corrected chi connectivity index (χ3v) is 2.47. The Morgan fingerprint density at radius 1 is 1.41 bits per heavy atom. The van der Waals surface area contributed by atoms with E-state index >= 15 is 0 Å². The standard InChI is InChI=1S/C13H20FNO2/c1-4-17-9-10(2)15-8-11-5-6-12(16-3)7-13(11)14/h5-7,10,15H,4,8-9H2,1-3H3. The van der Waals surface area contributed by atoms with Crippen molar-refractivity contribution in [1.29, 1.82) is 0 Å². The molecule has 1 N–H and O–H groups in total. The molecule has 0 saturated heterocycles. The van der Waals surface area contributed by atoms with Gasteiger partial charge in [-0.05, 0) is 19.9 Å². The monoisotopic (exact) mass is 241 g/mol. The van der Waals surface area contributed by atoms with Gasteiger partial charge in [-0.25, -0.2) is 4.39 Å². The Balaban J connectivity index is 2.46. The molecule has 0 saturated carbocycles. The van der Waals surface area contributed by atoms with Crippen LogP contribution in [0.1, 0.15) is 19.4 Å². The molecule has 0 heterocycles. The van der Waals surface area contributed by atoms with Crippen LogP contribution < -0.4 is 10.1 Å². The summed E-state index contributed by atoms with van der Waals surface area (Å²) >= 11 is 0. The number of ether oxygens (including phenoxy) is 2. The van der Waals surface area contributed by atoms with Gasteiger partial charge in [0.05, 0.1) is 13.7 Å². The van der Waals surface area contributed by atoms with Crippen LogP contribution in [0.15, 0.2) is 18.2 Å². The lowest BCUT2D eigenvalue weighted by atomic mass is 10.2. The van der Waals surface area contributed by atoms with Crippen LogP contribution in [0.4, 0.5) is 4.39 Å². The summed E-state index contributed by atoms with van der Waals surface area (Å²) < 4.78 is 23.8. The van der Waals surface area contributed by atoms with E-state index in [1.807, 2.05) is 13.8 Å². The molecule has 0 bridgehead atoms. The Morgan fingerprint density at radius 2 is 2.18 bits per heavy atom. The SMILES string of the molecule is CCOCC(C)NCc1ccc(OC)cc1F. The fourth-order valence-electron chi connectivity index (χ4n) is 1.44. The van der Waals surface area contributed by atoms with Crippen LogP contribution in [0.25, 0.3) is 0 Å². The summed E-state index contributed by atoms with van der Waals surface area (Å²) in [7, 11) is 1.52. The maximum atomic E-state index is 13.6. The third kappa shape index (κ3) is 4.71. The number of halogens is 1. The lowest BCUT2D eigenvalue weighted by Gasteiger charge is -2.14. The molecule has 1 aromatic carbocycles. The molecule has 3 nitrogen and oxygen atoms in total.